The molecule has 462 valence electrons. The Labute approximate surface area is 501 Å². The summed E-state index contributed by atoms with van der Waals surface area (Å²) in [5.41, 5.74) is 0. The number of carbonyl (C=O) groups is 3. The molecule has 0 heterocycles. The van der Waals surface area contributed by atoms with Gasteiger partial charge in [-0.05, 0) is 128 Å². The van der Waals surface area contributed by atoms with Crippen LogP contribution in [0.15, 0.2) is 122 Å². The van der Waals surface area contributed by atoms with E-state index in [2.05, 4.69) is 142 Å². The van der Waals surface area contributed by atoms with E-state index in [1.807, 2.05) is 0 Å². The molecular formula is C75H126O6. The number of esters is 3. The molecule has 1 unspecified atom stereocenters. The van der Waals surface area contributed by atoms with Crippen LogP contribution in [-0.2, 0) is 28.6 Å². The lowest BCUT2D eigenvalue weighted by Crippen LogP contribution is -2.30. The Morgan fingerprint density at radius 2 is 0.481 bits per heavy atom. The lowest BCUT2D eigenvalue weighted by atomic mass is 10.0. The number of hydrogen-bond acceptors (Lipinski definition) is 6. The summed E-state index contributed by atoms with van der Waals surface area (Å²) >= 11 is 0. The molecule has 1 atom stereocenters. The van der Waals surface area contributed by atoms with Crippen molar-refractivity contribution in [2.24, 2.45) is 0 Å². The molecule has 0 aromatic carbocycles. The fourth-order valence-corrected chi connectivity index (χ4v) is 9.40. The van der Waals surface area contributed by atoms with Gasteiger partial charge in [0.15, 0.2) is 6.10 Å². The van der Waals surface area contributed by atoms with Crippen molar-refractivity contribution in [2.45, 2.75) is 322 Å². The van der Waals surface area contributed by atoms with Gasteiger partial charge in [0.2, 0.25) is 0 Å². The molecule has 0 rings (SSSR count). The third-order valence-electron chi connectivity index (χ3n) is 14.4. The molecule has 81 heavy (non-hydrogen) atoms. The second-order valence-corrected chi connectivity index (χ2v) is 22.3. The average Bonchev–Trinajstić information content (AvgIpc) is 3.46. The summed E-state index contributed by atoms with van der Waals surface area (Å²) in [5.74, 6) is -0.920. The van der Waals surface area contributed by atoms with E-state index < -0.39 is 6.10 Å². The van der Waals surface area contributed by atoms with Crippen LogP contribution in [0.25, 0.3) is 0 Å². The van der Waals surface area contributed by atoms with Gasteiger partial charge < -0.3 is 14.2 Å². The Balaban J connectivity index is 4.32. The van der Waals surface area contributed by atoms with Crippen LogP contribution in [0.5, 0.6) is 0 Å². The molecule has 0 saturated heterocycles. The summed E-state index contributed by atoms with van der Waals surface area (Å²) in [4.78, 5) is 38.4. The lowest BCUT2D eigenvalue weighted by molar-refractivity contribution is -0.167. The standard InChI is InChI=1S/C75H126O6/c1-4-7-10-13-16-19-22-25-27-29-31-33-35-36-37-38-40-41-43-45-47-50-53-56-59-62-65-68-74(77)80-71-72(70-79-73(76)67-64-61-58-55-52-49-24-21-18-15-12-9-6-3)81-75(78)69-66-63-60-57-54-51-48-46-44-42-39-34-32-30-28-26-23-20-17-14-11-8-5-2/h8-9,11-12,17-18,20-22,25-26,28-29,31-32,34-36,49,52,72H,4-7,10,13-16,19,23-24,27,30,33,37-48,50-51,53-71H2,1-3H3/b11-8-,12-9-,20-17-,21-18-,25-22-,28-26-,31-29-,34-32-,36-35-,52-49-. The maximum absolute atomic E-state index is 12.9. The van der Waals surface area contributed by atoms with Crippen LogP contribution in [0.2, 0.25) is 0 Å². The quantitative estimate of drug-likeness (QED) is 0.0261. The fraction of sp³-hybridized carbons (Fsp3) is 0.693. The largest absolute Gasteiger partial charge is 0.462 e. The number of carbonyl (C=O) groups excluding carboxylic acids is 3. The summed E-state index contributed by atoms with van der Waals surface area (Å²) in [6, 6.07) is 0. The molecule has 0 aromatic rings. The van der Waals surface area contributed by atoms with Gasteiger partial charge in [-0.15, -0.1) is 0 Å². The van der Waals surface area contributed by atoms with Crippen molar-refractivity contribution < 1.29 is 28.6 Å². The third-order valence-corrected chi connectivity index (χ3v) is 14.4. The molecule has 0 aromatic heterocycles. The molecule has 6 nitrogen and oxygen atoms in total. The molecule has 0 fully saturated rings. The first-order chi connectivity index (χ1) is 40.0. The maximum Gasteiger partial charge on any atom is 0.306 e. The minimum absolute atomic E-state index is 0.0913. The summed E-state index contributed by atoms with van der Waals surface area (Å²) in [6.45, 7) is 6.39. The summed E-state index contributed by atoms with van der Waals surface area (Å²) in [5, 5.41) is 0. The van der Waals surface area contributed by atoms with Crippen LogP contribution in [0.4, 0.5) is 0 Å². The van der Waals surface area contributed by atoms with Gasteiger partial charge >= 0.3 is 17.9 Å². The van der Waals surface area contributed by atoms with Gasteiger partial charge in [-0.1, -0.05) is 290 Å². The van der Waals surface area contributed by atoms with E-state index in [0.29, 0.717) is 19.3 Å². The van der Waals surface area contributed by atoms with Crippen molar-refractivity contribution in [3.8, 4) is 0 Å². The van der Waals surface area contributed by atoms with Crippen LogP contribution < -0.4 is 0 Å². The number of hydrogen-bond donors (Lipinski definition) is 0. The molecule has 6 heteroatoms. The molecule has 0 bridgehead atoms. The highest BCUT2D eigenvalue weighted by Crippen LogP contribution is 2.16. The van der Waals surface area contributed by atoms with Crippen molar-refractivity contribution in [2.75, 3.05) is 13.2 Å². The lowest BCUT2D eigenvalue weighted by Gasteiger charge is -2.18. The Hall–Kier alpha value is -4.19. The highest BCUT2D eigenvalue weighted by molar-refractivity contribution is 5.71. The first kappa shape index (κ1) is 76.8. The predicted octanol–water partition coefficient (Wildman–Crippen LogP) is 23.6. The van der Waals surface area contributed by atoms with Crippen LogP contribution >= 0.6 is 0 Å². The average molecular weight is 1120 g/mol. The summed E-state index contributed by atoms with van der Waals surface area (Å²) in [6.07, 6.45) is 95.1. The molecule has 0 amide bonds. The Bertz CT molecular complexity index is 1670. The predicted molar refractivity (Wildman–Crippen MR) is 353 cm³/mol. The van der Waals surface area contributed by atoms with Crippen LogP contribution in [0.1, 0.15) is 316 Å². The number of unbranched alkanes of at least 4 members (excludes halogenated alkanes) is 30. The molecule has 0 radical (unpaired) electrons. The summed E-state index contributed by atoms with van der Waals surface area (Å²) < 4.78 is 16.9. The van der Waals surface area contributed by atoms with Crippen molar-refractivity contribution in [1.82, 2.24) is 0 Å². The maximum atomic E-state index is 12.9. The summed E-state index contributed by atoms with van der Waals surface area (Å²) in [7, 11) is 0. The minimum Gasteiger partial charge on any atom is -0.462 e. The van der Waals surface area contributed by atoms with E-state index in [-0.39, 0.29) is 31.1 Å². The number of allylic oxidation sites excluding steroid dienone is 20. The van der Waals surface area contributed by atoms with E-state index >= 15 is 0 Å². The van der Waals surface area contributed by atoms with Gasteiger partial charge in [0, 0.05) is 19.3 Å². The molecule has 0 aliphatic carbocycles. The van der Waals surface area contributed by atoms with Gasteiger partial charge in [0.25, 0.3) is 0 Å². The Kier molecular flexibility index (Phi) is 64.8. The second-order valence-electron chi connectivity index (χ2n) is 22.3. The fourth-order valence-electron chi connectivity index (χ4n) is 9.40. The van der Waals surface area contributed by atoms with Crippen molar-refractivity contribution in [3.63, 3.8) is 0 Å². The van der Waals surface area contributed by atoms with E-state index in [0.717, 1.165) is 122 Å². The first-order valence-electron chi connectivity index (χ1n) is 34.0. The highest BCUT2D eigenvalue weighted by Gasteiger charge is 2.19. The smallest absolute Gasteiger partial charge is 0.306 e. The van der Waals surface area contributed by atoms with Gasteiger partial charge in [-0.3, -0.25) is 14.4 Å². The molecule has 0 saturated carbocycles. The monoisotopic (exact) mass is 1120 g/mol. The molecule has 0 spiro atoms. The van der Waals surface area contributed by atoms with Gasteiger partial charge in [-0.2, -0.15) is 0 Å². The van der Waals surface area contributed by atoms with Crippen LogP contribution in [0.3, 0.4) is 0 Å². The van der Waals surface area contributed by atoms with Gasteiger partial charge in [0.05, 0.1) is 0 Å². The van der Waals surface area contributed by atoms with E-state index in [4.69, 9.17) is 14.2 Å². The van der Waals surface area contributed by atoms with E-state index in [1.54, 1.807) is 0 Å². The molecular weight excluding hydrogens is 997 g/mol. The number of ether oxygens (including phenoxy) is 3. The van der Waals surface area contributed by atoms with Crippen LogP contribution in [-0.4, -0.2) is 37.2 Å². The third kappa shape index (κ3) is 66.5. The van der Waals surface area contributed by atoms with E-state index in [1.165, 1.54) is 154 Å². The van der Waals surface area contributed by atoms with Gasteiger partial charge in [-0.25, -0.2) is 0 Å². The van der Waals surface area contributed by atoms with Crippen molar-refractivity contribution in [1.29, 1.82) is 0 Å². The second kappa shape index (κ2) is 68.3. The zero-order chi connectivity index (χ0) is 58.5. The Morgan fingerprint density at radius 1 is 0.259 bits per heavy atom. The number of rotatable bonds is 61. The van der Waals surface area contributed by atoms with Gasteiger partial charge in [0.1, 0.15) is 13.2 Å². The zero-order valence-corrected chi connectivity index (χ0v) is 53.0. The van der Waals surface area contributed by atoms with Crippen LogP contribution in [0, 0.1) is 0 Å². The molecule has 0 N–H and O–H groups in total. The topological polar surface area (TPSA) is 78.9 Å². The van der Waals surface area contributed by atoms with E-state index in [9.17, 15) is 14.4 Å². The molecule has 0 aliphatic heterocycles. The van der Waals surface area contributed by atoms with Crippen molar-refractivity contribution in [3.05, 3.63) is 122 Å². The normalized spacial score (nSPS) is 12.9. The molecule has 0 aliphatic rings. The highest BCUT2D eigenvalue weighted by atomic mass is 16.6. The zero-order valence-electron chi connectivity index (χ0n) is 53.0. The first-order valence-corrected chi connectivity index (χ1v) is 34.0. The Morgan fingerprint density at radius 3 is 0.765 bits per heavy atom. The minimum atomic E-state index is -0.798. The SMILES string of the molecule is CC/C=C\C/C=C\C/C=C\C/C=C\CCCCCCCCCCCCC(=O)OC(COC(=O)CCCCC/C=C\C/C=C\C/C=C\CC)COC(=O)CCCCCCCCCCCCCC/C=C\C/C=C\C/C=C\CCCCCCC. The van der Waals surface area contributed by atoms with Crippen molar-refractivity contribution >= 4 is 17.9 Å².